The molecule has 0 aliphatic carbocycles. The molecule has 1 aliphatic heterocycles. The molecule has 2 N–H and O–H groups in total. The van der Waals surface area contributed by atoms with Crippen LogP contribution in [0.15, 0.2) is 24.3 Å². The van der Waals surface area contributed by atoms with Gasteiger partial charge in [0.1, 0.15) is 0 Å². The van der Waals surface area contributed by atoms with Gasteiger partial charge >= 0.3 is 0 Å². The van der Waals surface area contributed by atoms with Gasteiger partial charge in [-0.15, -0.1) is 0 Å². The third-order valence-corrected chi connectivity index (χ3v) is 4.17. The first-order chi connectivity index (χ1) is 8.70. The lowest BCUT2D eigenvalue weighted by atomic mass is 9.95. The lowest BCUT2D eigenvalue weighted by Crippen LogP contribution is -2.35. The molecule has 0 aromatic heterocycles. The molecule has 1 aliphatic rings. The summed E-state index contributed by atoms with van der Waals surface area (Å²) < 4.78 is 0. The highest BCUT2D eigenvalue weighted by atomic mass is 15.1. The molecule has 1 atom stereocenters. The van der Waals surface area contributed by atoms with Crippen molar-refractivity contribution in [3.63, 3.8) is 0 Å². The van der Waals surface area contributed by atoms with Gasteiger partial charge in [-0.3, -0.25) is 4.90 Å². The van der Waals surface area contributed by atoms with Gasteiger partial charge in [0.2, 0.25) is 0 Å². The average Bonchev–Trinajstić information content (AvgIpc) is 2.57. The van der Waals surface area contributed by atoms with Crippen LogP contribution in [0.3, 0.4) is 0 Å². The van der Waals surface area contributed by atoms with E-state index in [4.69, 9.17) is 5.73 Å². The number of nitrogens with zero attached hydrogens (tertiary/aromatic N) is 1. The van der Waals surface area contributed by atoms with Crippen LogP contribution in [0.2, 0.25) is 0 Å². The molecule has 1 aromatic carbocycles. The summed E-state index contributed by atoms with van der Waals surface area (Å²) in [5, 5.41) is 0. The Balaban J connectivity index is 2.03. The van der Waals surface area contributed by atoms with E-state index in [1.54, 1.807) is 0 Å². The minimum absolute atomic E-state index is 0.621. The molecule has 0 amide bonds. The molecule has 2 heteroatoms. The van der Waals surface area contributed by atoms with E-state index in [-0.39, 0.29) is 0 Å². The molecule has 2 rings (SSSR count). The van der Waals surface area contributed by atoms with E-state index in [1.807, 2.05) is 0 Å². The number of fused-ring (bicyclic) bond motifs is 1. The molecule has 1 aromatic rings. The first-order valence-electron chi connectivity index (χ1n) is 7.20. The topological polar surface area (TPSA) is 29.3 Å². The molecule has 0 radical (unpaired) electrons. The van der Waals surface area contributed by atoms with Crippen LogP contribution in [-0.4, -0.2) is 24.5 Å². The molecule has 0 fully saturated rings. The summed E-state index contributed by atoms with van der Waals surface area (Å²) in [4.78, 5) is 2.59. The van der Waals surface area contributed by atoms with Gasteiger partial charge in [0.15, 0.2) is 0 Å². The second kappa shape index (κ2) is 6.35. The molecule has 18 heavy (non-hydrogen) atoms. The Morgan fingerprint density at radius 1 is 1.22 bits per heavy atom. The van der Waals surface area contributed by atoms with E-state index >= 15 is 0 Å². The molecule has 0 spiro atoms. The maximum atomic E-state index is 5.90. The smallest absolute Gasteiger partial charge is 0.0236 e. The standard InChI is InChI=1S/C16H26N2/c1-13(2)16(10-17)12-18-9-5-8-14-6-3-4-7-15(14)11-18/h3-4,6-7,13,16H,5,8-12,17H2,1-2H3. The van der Waals surface area contributed by atoms with Crippen molar-refractivity contribution in [2.24, 2.45) is 17.6 Å². The second-order valence-electron chi connectivity index (χ2n) is 5.85. The molecule has 0 bridgehead atoms. The van der Waals surface area contributed by atoms with Crippen LogP contribution in [0, 0.1) is 11.8 Å². The molecule has 0 saturated heterocycles. The van der Waals surface area contributed by atoms with Gasteiger partial charge in [0.25, 0.3) is 0 Å². The van der Waals surface area contributed by atoms with Crippen molar-refractivity contribution in [2.45, 2.75) is 33.2 Å². The number of aryl methyl sites for hydroxylation is 1. The molecular formula is C16H26N2. The van der Waals surface area contributed by atoms with Gasteiger partial charge in [-0.2, -0.15) is 0 Å². The van der Waals surface area contributed by atoms with Crippen molar-refractivity contribution in [3.8, 4) is 0 Å². The Bertz CT molecular complexity index is 373. The van der Waals surface area contributed by atoms with Crippen LogP contribution in [0.1, 0.15) is 31.4 Å². The summed E-state index contributed by atoms with van der Waals surface area (Å²) >= 11 is 0. The van der Waals surface area contributed by atoms with Crippen LogP contribution in [0.25, 0.3) is 0 Å². The summed E-state index contributed by atoms with van der Waals surface area (Å²) in [6.45, 7) is 8.81. The SMILES string of the molecule is CC(C)C(CN)CN1CCCc2ccccc2C1. The van der Waals surface area contributed by atoms with Gasteiger partial charge in [0, 0.05) is 13.1 Å². The van der Waals surface area contributed by atoms with E-state index in [1.165, 1.54) is 30.5 Å². The summed E-state index contributed by atoms with van der Waals surface area (Å²) in [5.74, 6) is 1.30. The lowest BCUT2D eigenvalue weighted by Gasteiger charge is -2.28. The van der Waals surface area contributed by atoms with Crippen molar-refractivity contribution in [2.75, 3.05) is 19.6 Å². The monoisotopic (exact) mass is 246 g/mol. The average molecular weight is 246 g/mol. The van der Waals surface area contributed by atoms with Crippen LogP contribution in [-0.2, 0) is 13.0 Å². The van der Waals surface area contributed by atoms with Crippen molar-refractivity contribution >= 4 is 0 Å². The summed E-state index contributed by atoms with van der Waals surface area (Å²) in [5.41, 5.74) is 8.94. The Hall–Kier alpha value is -0.860. The van der Waals surface area contributed by atoms with Gasteiger partial charge in [-0.05, 0) is 48.9 Å². The highest BCUT2D eigenvalue weighted by molar-refractivity contribution is 5.28. The highest BCUT2D eigenvalue weighted by Crippen LogP contribution is 2.20. The summed E-state index contributed by atoms with van der Waals surface area (Å²) in [7, 11) is 0. The van der Waals surface area contributed by atoms with E-state index in [2.05, 4.69) is 43.0 Å². The molecule has 100 valence electrons. The maximum absolute atomic E-state index is 5.90. The number of nitrogens with two attached hydrogens (primary N) is 1. The first-order valence-corrected chi connectivity index (χ1v) is 7.20. The second-order valence-corrected chi connectivity index (χ2v) is 5.85. The fourth-order valence-corrected chi connectivity index (χ4v) is 2.81. The predicted molar refractivity (Wildman–Crippen MR) is 77.4 cm³/mol. The fraction of sp³-hybridized carbons (Fsp3) is 0.625. The number of benzene rings is 1. The fourth-order valence-electron chi connectivity index (χ4n) is 2.81. The molecule has 0 saturated carbocycles. The first kappa shape index (κ1) is 13.6. The van der Waals surface area contributed by atoms with Crippen molar-refractivity contribution in [1.29, 1.82) is 0 Å². The van der Waals surface area contributed by atoms with Crippen LogP contribution in [0.5, 0.6) is 0 Å². The van der Waals surface area contributed by atoms with Gasteiger partial charge < -0.3 is 5.73 Å². The highest BCUT2D eigenvalue weighted by Gasteiger charge is 2.19. The Labute approximate surface area is 111 Å². The molecule has 2 nitrogen and oxygen atoms in total. The lowest BCUT2D eigenvalue weighted by molar-refractivity contribution is 0.200. The third-order valence-electron chi connectivity index (χ3n) is 4.17. The zero-order valence-corrected chi connectivity index (χ0v) is 11.7. The molecule has 1 unspecified atom stereocenters. The Morgan fingerprint density at radius 2 is 1.94 bits per heavy atom. The van der Waals surface area contributed by atoms with Crippen LogP contribution in [0.4, 0.5) is 0 Å². The van der Waals surface area contributed by atoms with E-state index in [0.717, 1.165) is 19.6 Å². The van der Waals surface area contributed by atoms with Crippen molar-refractivity contribution in [3.05, 3.63) is 35.4 Å². The summed E-state index contributed by atoms with van der Waals surface area (Å²) in [6, 6.07) is 8.87. The van der Waals surface area contributed by atoms with Gasteiger partial charge in [-0.25, -0.2) is 0 Å². The largest absolute Gasteiger partial charge is 0.330 e. The zero-order chi connectivity index (χ0) is 13.0. The minimum atomic E-state index is 0.621. The number of rotatable bonds is 4. The van der Waals surface area contributed by atoms with Crippen LogP contribution < -0.4 is 5.73 Å². The zero-order valence-electron chi connectivity index (χ0n) is 11.7. The quantitative estimate of drug-likeness (QED) is 0.885. The Kier molecular flexibility index (Phi) is 4.79. The predicted octanol–water partition coefficient (Wildman–Crippen LogP) is 2.67. The minimum Gasteiger partial charge on any atom is -0.330 e. The number of hydrogen-bond donors (Lipinski definition) is 1. The van der Waals surface area contributed by atoms with E-state index in [9.17, 15) is 0 Å². The number of hydrogen-bond acceptors (Lipinski definition) is 2. The normalized spacial score (nSPS) is 18.4. The maximum Gasteiger partial charge on any atom is 0.0236 e. The van der Waals surface area contributed by atoms with Crippen molar-refractivity contribution < 1.29 is 0 Å². The van der Waals surface area contributed by atoms with Crippen molar-refractivity contribution in [1.82, 2.24) is 4.90 Å². The third kappa shape index (κ3) is 3.33. The van der Waals surface area contributed by atoms with Crippen LogP contribution >= 0.6 is 0 Å². The Morgan fingerprint density at radius 3 is 2.61 bits per heavy atom. The van der Waals surface area contributed by atoms with Gasteiger partial charge in [-0.1, -0.05) is 38.1 Å². The van der Waals surface area contributed by atoms with E-state index < -0.39 is 0 Å². The molecular weight excluding hydrogens is 220 g/mol. The van der Waals surface area contributed by atoms with E-state index in [0.29, 0.717) is 11.8 Å². The van der Waals surface area contributed by atoms with Gasteiger partial charge in [0.05, 0.1) is 0 Å². The summed E-state index contributed by atoms with van der Waals surface area (Å²) in [6.07, 6.45) is 2.49. The molecule has 1 heterocycles.